The maximum absolute atomic E-state index is 13.3. The first-order chi connectivity index (χ1) is 14.4. The number of carbonyl (C=O) groups is 1. The highest BCUT2D eigenvalue weighted by atomic mass is 32.2. The average molecular weight is 428 g/mol. The van der Waals surface area contributed by atoms with Gasteiger partial charge in [-0.2, -0.15) is 4.31 Å². The van der Waals surface area contributed by atoms with Gasteiger partial charge in [-0.15, -0.1) is 0 Å². The third kappa shape index (κ3) is 4.15. The van der Waals surface area contributed by atoms with Crippen LogP contribution in [-0.4, -0.2) is 55.8 Å². The van der Waals surface area contributed by atoms with Gasteiger partial charge in [-0.25, -0.2) is 8.42 Å². The Morgan fingerprint density at radius 3 is 2.53 bits per heavy atom. The average Bonchev–Trinajstić information content (AvgIpc) is 2.75. The van der Waals surface area contributed by atoms with Gasteiger partial charge in [0.25, 0.3) is 0 Å². The molecule has 0 aromatic heterocycles. The van der Waals surface area contributed by atoms with Crippen molar-refractivity contribution in [1.29, 1.82) is 0 Å². The van der Waals surface area contributed by atoms with Crippen LogP contribution in [0.4, 0.5) is 5.69 Å². The minimum Gasteiger partial charge on any atom is -0.312 e. The largest absolute Gasteiger partial charge is 0.312 e. The van der Waals surface area contributed by atoms with Crippen molar-refractivity contribution in [1.82, 2.24) is 9.21 Å². The molecule has 0 aliphatic carbocycles. The number of hydrogen-bond acceptors (Lipinski definition) is 4. The fourth-order valence-corrected chi connectivity index (χ4v) is 6.01. The van der Waals surface area contributed by atoms with E-state index >= 15 is 0 Å². The van der Waals surface area contributed by atoms with Crippen LogP contribution in [0.2, 0.25) is 0 Å². The molecule has 1 atom stereocenters. The molecule has 1 unspecified atom stereocenters. The van der Waals surface area contributed by atoms with Crippen LogP contribution in [0.5, 0.6) is 0 Å². The van der Waals surface area contributed by atoms with Gasteiger partial charge in [-0.05, 0) is 49.1 Å². The molecule has 4 rings (SSSR count). The SMILES string of the molecule is CC(=O)N1CCCc2cc(S(=O)(=O)N3CCN(Cc4ccccc4)C(C)C3)ccc21. The van der Waals surface area contributed by atoms with E-state index in [9.17, 15) is 13.2 Å². The first-order valence-electron chi connectivity index (χ1n) is 10.6. The Balaban J connectivity index is 1.50. The summed E-state index contributed by atoms with van der Waals surface area (Å²) in [5, 5.41) is 0. The standard InChI is InChI=1S/C23H29N3O3S/c1-18-16-25(14-13-24(18)17-20-7-4-3-5-8-20)30(28,29)22-10-11-23-21(15-22)9-6-12-26(23)19(2)27/h3-5,7-8,10-11,15,18H,6,9,12-14,16-17H2,1-2H3. The maximum Gasteiger partial charge on any atom is 0.243 e. The molecule has 2 aliphatic rings. The number of aryl methyl sites for hydroxylation is 1. The lowest BCUT2D eigenvalue weighted by Gasteiger charge is -2.39. The Morgan fingerprint density at radius 1 is 1.07 bits per heavy atom. The van der Waals surface area contributed by atoms with Gasteiger partial charge in [0.2, 0.25) is 15.9 Å². The van der Waals surface area contributed by atoms with E-state index in [2.05, 4.69) is 24.0 Å². The summed E-state index contributed by atoms with van der Waals surface area (Å²) < 4.78 is 28.3. The van der Waals surface area contributed by atoms with Crippen LogP contribution in [-0.2, 0) is 27.8 Å². The molecule has 1 fully saturated rings. The van der Waals surface area contributed by atoms with E-state index in [1.54, 1.807) is 34.3 Å². The highest BCUT2D eigenvalue weighted by molar-refractivity contribution is 7.89. The predicted molar refractivity (Wildman–Crippen MR) is 118 cm³/mol. The topological polar surface area (TPSA) is 60.9 Å². The molecule has 0 radical (unpaired) electrons. The zero-order chi connectivity index (χ0) is 21.3. The van der Waals surface area contributed by atoms with E-state index in [1.165, 1.54) is 5.56 Å². The molecular formula is C23H29N3O3S. The molecule has 2 aromatic rings. The summed E-state index contributed by atoms with van der Waals surface area (Å²) in [6.07, 6.45) is 1.65. The van der Waals surface area contributed by atoms with Crippen LogP contribution < -0.4 is 4.90 Å². The number of fused-ring (bicyclic) bond motifs is 1. The normalized spacial score (nSPS) is 20.7. The van der Waals surface area contributed by atoms with Gasteiger partial charge in [0.15, 0.2) is 0 Å². The molecule has 7 heteroatoms. The van der Waals surface area contributed by atoms with Crippen LogP contribution in [0.15, 0.2) is 53.4 Å². The highest BCUT2D eigenvalue weighted by Crippen LogP contribution is 2.31. The quantitative estimate of drug-likeness (QED) is 0.753. The smallest absolute Gasteiger partial charge is 0.243 e. The van der Waals surface area contributed by atoms with Crippen molar-refractivity contribution in [2.75, 3.05) is 31.1 Å². The number of anilines is 1. The number of benzene rings is 2. The lowest BCUT2D eigenvalue weighted by Crippen LogP contribution is -2.53. The Kier molecular flexibility index (Phi) is 5.95. The van der Waals surface area contributed by atoms with Gasteiger partial charge >= 0.3 is 0 Å². The van der Waals surface area contributed by atoms with Gasteiger partial charge < -0.3 is 4.90 Å². The third-order valence-electron chi connectivity index (χ3n) is 6.14. The molecule has 0 saturated carbocycles. The Hall–Kier alpha value is -2.22. The lowest BCUT2D eigenvalue weighted by molar-refractivity contribution is -0.116. The summed E-state index contributed by atoms with van der Waals surface area (Å²) in [6.45, 7) is 6.82. The number of nitrogens with zero attached hydrogens (tertiary/aromatic N) is 3. The summed E-state index contributed by atoms with van der Waals surface area (Å²) in [6, 6.07) is 15.6. The van der Waals surface area contributed by atoms with Crippen molar-refractivity contribution < 1.29 is 13.2 Å². The van der Waals surface area contributed by atoms with E-state index in [0.29, 0.717) is 31.1 Å². The minimum atomic E-state index is -3.56. The molecule has 1 saturated heterocycles. The van der Waals surface area contributed by atoms with Crippen molar-refractivity contribution in [3.05, 3.63) is 59.7 Å². The van der Waals surface area contributed by atoms with Crippen LogP contribution >= 0.6 is 0 Å². The first-order valence-corrected chi connectivity index (χ1v) is 12.0. The third-order valence-corrected chi connectivity index (χ3v) is 8.00. The lowest BCUT2D eigenvalue weighted by atomic mass is 10.0. The molecule has 2 aromatic carbocycles. The van der Waals surface area contributed by atoms with E-state index in [-0.39, 0.29) is 11.9 Å². The number of rotatable bonds is 4. The van der Waals surface area contributed by atoms with Crippen molar-refractivity contribution in [3.8, 4) is 0 Å². The Labute approximate surface area is 179 Å². The molecule has 6 nitrogen and oxygen atoms in total. The summed E-state index contributed by atoms with van der Waals surface area (Å²) >= 11 is 0. The second-order valence-corrected chi connectivity index (χ2v) is 10.2. The number of hydrogen-bond donors (Lipinski definition) is 0. The predicted octanol–water partition coefficient (Wildman–Crippen LogP) is 2.88. The van der Waals surface area contributed by atoms with Crippen LogP contribution in [0, 0.1) is 0 Å². The summed E-state index contributed by atoms with van der Waals surface area (Å²) in [5.74, 6) is -0.00470. The minimum absolute atomic E-state index is 0.00470. The monoisotopic (exact) mass is 427 g/mol. The molecule has 1 amide bonds. The van der Waals surface area contributed by atoms with Gasteiger partial charge in [0, 0.05) is 51.4 Å². The fourth-order valence-electron chi connectivity index (χ4n) is 4.44. The van der Waals surface area contributed by atoms with Crippen molar-refractivity contribution in [2.24, 2.45) is 0 Å². The molecule has 160 valence electrons. The van der Waals surface area contributed by atoms with Gasteiger partial charge in [-0.3, -0.25) is 9.69 Å². The molecule has 30 heavy (non-hydrogen) atoms. The van der Waals surface area contributed by atoms with E-state index in [1.807, 2.05) is 18.2 Å². The molecule has 0 spiro atoms. The maximum atomic E-state index is 13.3. The number of amides is 1. The highest BCUT2D eigenvalue weighted by Gasteiger charge is 2.33. The molecule has 0 bridgehead atoms. The zero-order valence-electron chi connectivity index (χ0n) is 17.6. The fraction of sp³-hybridized carbons (Fsp3) is 0.435. The molecule has 2 aliphatic heterocycles. The van der Waals surface area contributed by atoms with Crippen molar-refractivity contribution in [2.45, 2.75) is 44.2 Å². The zero-order valence-corrected chi connectivity index (χ0v) is 18.4. The Bertz CT molecular complexity index is 1020. The van der Waals surface area contributed by atoms with E-state index < -0.39 is 10.0 Å². The first kappa shape index (κ1) is 21.0. The van der Waals surface area contributed by atoms with Crippen LogP contribution in [0.1, 0.15) is 31.4 Å². The number of sulfonamides is 1. The van der Waals surface area contributed by atoms with Gasteiger partial charge in [0.05, 0.1) is 4.90 Å². The van der Waals surface area contributed by atoms with Gasteiger partial charge in [-0.1, -0.05) is 30.3 Å². The summed E-state index contributed by atoms with van der Waals surface area (Å²) in [5.41, 5.74) is 3.02. The van der Waals surface area contributed by atoms with Gasteiger partial charge in [0.1, 0.15) is 0 Å². The number of piperazine rings is 1. The summed E-state index contributed by atoms with van der Waals surface area (Å²) in [4.78, 5) is 16.3. The van der Waals surface area contributed by atoms with E-state index in [4.69, 9.17) is 0 Å². The van der Waals surface area contributed by atoms with Crippen LogP contribution in [0.3, 0.4) is 0 Å². The van der Waals surface area contributed by atoms with Crippen LogP contribution in [0.25, 0.3) is 0 Å². The molecular weight excluding hydrogens is 398 g/mol. The van der Waals surface area contributed by atoms with E-state index in [0.717, 1.165) is 30.6 Å². The van der Waals surface area contributed by atoms with Crippen molar-refractivity contribution >= 4 is 21.6 Å². The summed E-state index contributed by atoms with van der Waals surface area (Å²) in [7, 11) is -3.56. The van der Waals surface area contributed by atoms with Crippen molar-refractivity contribution in [3.63, 3.8) is 0 Å². The Morgan fingerprint density at radius 2 is 1.83 bits per heavy atom. The second-order valence-electron chi connectivity index (χ2n) is 8.23. The molecule has 2 heterocycles. The molecule has 0 N–H and O–H groups in total. The number of carbonyl (C=O) groups excluding carboxylic acids is 1. The second kappa shape index (κ2) is 8.49.